The minimum Gasteiger partial charge on any atom is -0.454 e. The summed E-state index contributed by atoms with van der Waals surface area (Å²) in [7, 11) is 0. The quantitative estimate of drug-likeness (QED) is 0.729. The summed E-state index contributed by atoms with van der Waals surface area (Å²) in [5.74, 6) is 3.75. The second kappa shape index (κ2) is 6.24. The number of rotatable bonds is 4. The van der Waals surface area contributed by atoms with Gasteiger partial charge in [0.25, 0.3) is 0 Å². The van der Waals surface area contributed by atoms with E-state index in [1.54, 1.807) is 0 Å². The summed E-state index contributed by atoms with van der Waals surface area (Å²) in [6, 6.07) is 13.3. The highest BCUT2D eigenvalue weighted by molar-refractivity contribution is 5.67. The Labute approximate surface area is 154 Å². The third-order valence-electron chi connectivity index (χ3n) is 4.32. The van der Waals surface area contributed by atoms with E-state index in [1.165, 1.54) is 0 Å². The molecule has 27 heavy (non-hydrogen) atoms. The highest BCUT2D eigenvalue weighted by Gasteiger charge is 2.16. The average Bonchev–Trinajstić information content (AvgIpc) is 3.33. The van der Waals surface area contributed by atoms with Crippen LogP contribution in [-0.4, -0.2) is 23.6 Å². The van der Waals surface area contributed by atoms with Crippen LogP contribution in [0.5, 0.6) is 23.0 Å². The molecule has 3 heterocycles. The van der Waals surface area contributed by atoms with Gasteiger partial charge in [0.05, 0.1) is 5.69 Å². The predicted molar refractivity (Wildman–Crippen MR) is 97.9 cm³/mol. The molecule has 0 atom stereocenters. The lowest BCUT2D eigenvalue weighted by molar-refractivity contribution is 0.173. The van der Waals surface area contributed by atoms with Crippen molar-refractivity contribution in [1.82, 2.24) is 9.97 Å². The van der Waals surface area contributed by atoms with Gasteiger partial charge in [-0.15, -0.1) is 0 Å². The van der Waals surface area contributed by atoms with Gasteiger partial charge in [-0.25, -0.2) is 4.98 Å². The topological polar surface area (TPSA) is 101 Å². The summed E-state index contributed by atoms with van der Waals surface area (Å²) in [5, 5.41) is 3.27. The van der Waals surface area contributed by atoms with Crippen molar-refractivity contribution in [3.05, 3.63) is 48.0 Å². The van der Waals surface area contributed by atoms with E-state index in [9.17, 15) is 0 Å². The standard InChI is InChI=1S/C19H16N4O4/c20-19-22-13(12-2-4-15-17(6-12)27-10-25-15)7-18(23-19)21-8-11-1-3-14-16(5-11)26-9-24-14/h1-7H,8-10H2,(H3,20,21,22,23). The molecule has 1 aromatic heterocycles. The molecule has 5 rings (SSSR count). The van der Waals surface area contributed by atoms with Crippen LogP contribution in [0.3, 0.4) is 0 Å². The van der Waals surface area contributed by atoms with Gasteiger partial charge >= 0.3 is 0 Å². The fourth-order valence-corrected chi connectivity index (χ4v) is 3.00. The third kappa shape index (κ3) is 3.01. The number of nitrogens with two attached hydrogens (primary N) is 1. The zero-order chi connectivity index (χ0) is 18.2. The van der Waals surface area contributed by atoms with E-state index in [-0.39, 0.29) is 19.5 Å². The molecular weight excluding hydrogens is 348 g/mol. The monoisotopic (exact) mass is 364 g/mol. The number of aromatic nitrogens is 2. The van der Waals surface area contributed by atoms with Crippen molar-refractivity contribution in [3.8, 4) is 34.3 Å². The van der Waals surface area contributed by atoms with Crippen molar-refractivity contribution in [2.45, 2.75) is 6.54 Å². The Hall–Kier alpha value is -3.68. The van der Waals surface area contributed by atoms with Crippen molar-refractivity contribution in [1.29, 1.82) is 0 Å². The van der Waals surface area contributed by atoms with Crippen LogP contribution in [0.2, 0.25) is 0 Å². The fourth-order valence-electron chi connectivity index (χ4n) is 3.00. The van der Waals surface area contributed by atoms with Crippen LogP contribution in [0.1, 0.15) is 5.56 Å². The molecule has 0 saturated heterocycles. The zero-order valence-corrected chi connectivity index (χ0v) is 14.3. The lowest BCUT2D eigenvalue weighted by Crippen LogP contribution is -2.05. The Morgan fingerprint density at radius 1 is 0.815 bits per heavy atom. The number of ether oxygens (including phenoxy) is 4. The Morgan fingerprint density at radius 3 is 2.33 bits per heavy atom. The van der Waals surface area contributed by atoms with Crippen LogP contribution < -0.4 is 30.0 Å². The van der Waals surface area contributed by atoms with Gasteiger partial charge in [0.1, 0.15) is 5.82 Å². The molecule has 2 aliphatic heterocycles. The van der Waals surface area contributed by atoms with E-state index in [0.29, 0.717) is 23.8 Å². The second-order valence-electron chi connectivity index (χ2n) is 6.11. The van der Waals surface area contributed by atoms with Gasteiger partial charge in [-0.05, 0) is 35.9 Å². The van der Waals surface area contributed by atoms with Crippen LogP contribution in [0, 0.1) is 0 Å². The highest BCUT2D eigenvalue weighted by Crippen LogP contribution is 2.36. The summed E-state index contributed by atoms with van der Waals surface area (Å²) in [5.41, 5.74) is 8.52. The first-order valence-corrected chi connectivity index (χ1v) is 8.41. The van der Waals surface area contributed by atoms with Crippen molar-refractivity contribution in [2.24, 2.45) is 0 Å². The smallest absolute Gasteiger partial charge is 0.231 e. The normalized spacial score (nSPS) is 13.6. The summed E-state index contributed by atoms with van der Waals surface area (Å²) < 4.78 is 21.5. The zero-order valence-electron chi connectivity index (χ0n) is 14.3. The molecule has 0 saturated carbocycles. The lowest BCUT2D eigenvalue weighted by atomic mass is 10.1. The second-order valence-corrected chi connectivity index (χ2v) is 6.11. The third-order valence-corrected chi connectivity index (χ3v) is 4.32. The first-order valence-electron chi connectivity index (χ1n) is 8.41. The van der Waals surface area contributed by atoms with Crippen LogP contribution in [0.25, 0.3) is 11.3 Å². The van der Waals surface area contributed by atoms with E-state index in [1.807, 2.05) is 42.5 Å². The summed E-state index contributed by atoms with van der Waals surface area (Å²) in [4.78, 5) is 8.59. The number of fused-ring (bicyclic) bond motifs is 2. The minimum absolute atomic E-state index is 0.193. The molecule has 0 aliphatic carbocycles. The molecule has 8 heteroatoms. The predicted octanol–water partition coefficient (Wildman–Crippen LogP) is 2.80. The summed E-state index contributed by atoms with van der Waals surface area (Å²) in [6.07, 6.45) is 0. The molecule has 0 amide bonds. The van der Waals surface area contributed by atoms with E-state index in [2.05, 4.69) is 15.3 Å². The number of benzene rings is 2. The first kappa shape index (κ1) is 15.6. The maximum Gasteiger partial charge on any atom is 0.231 e. The minimum atomic E-state index is 0.193. The Bertz CT molecular complexity index is 1020. The van der Waals surface area contributed by atoms with Gasteiger partial charge in [0.2, 0.25) is 19.5 Å². The van der Waals surface area contributed by atoms with Crippen molar-refractivity contribution >= 4 is 11.8 Å². The van der Waals surface area contributed by atoms with Gasteiger partial charge < -0.3 is 30.0 Å². The largest absolute Gasteiger partial charge is 0.454 e. The summed E-state index contributed by atoms with van der Waals surface area (Å²) in [6.45, 7) is 1.05. The maximum absolute atomic E-state index is 5.90. The Morgan fingerprint density at radius 2 is 1.52 bits per heavy atom. The molecule has 0 spiro atoms. The number of hydrogen-bond acceptors (Lipinski definition) is 8. The summed E-state index contributed by atoms with van der Waals surface area (Å²) >= 11 is 0. The van der Waals surface area contributed by atoms with Crippen molar-refractivity contribution < 1.29 is 18.9 Å². The SMILES string of the molecule is Nc1nc(NCc2ccc3c(c2)OCO3)cc(-c2ccc3c(c2)OCO3)n1. The number of hydrogen-bond donors (Lipinski definition) is 2. The van der Waals surface area contributed by atoms with E-state index < -0.39 is 0 Å². The van der Waals surface area contributed by atoms with Gasteiger partial charge in [-0.1, -0.05) is 6.07 Å². The fraction of sp³-hybridized carbons (Fsp3) is 0.158. The van der Waals surface area contributed by atoms with Gasteiger partial charge in [-0.3, -0.25) is 0 Å². The van der Waals surface area contributed by atoms with E-state index in [0.717, 1.165) is 28.4 Å². The average molecular weight is 364 g/mol. The molecule has 2 aromatic carbocycles. The number of nitrogens with zero attached hydrogens (tertiary/aromatic N) is 2. The molecule has 3 aromatic rings. The molecule has 2 aliphatic rings. The van der Waals surface area contributed by atoms with Crippen LogP contribution >= 0.6 is 0 Å². The Kier molecular flexibility index (Phi) is 3.60. The molecule has 0 fully saturated rings. The maximum atomic E-state index is 5.90. The van der Waals surface area contributed by atoms with Crippen LogP contribution in [0.4, 0.5) is 11.8 Å². The molecule has 0 radical (unpaired) electrons. The Balaban J connectivity index is 1.37. The first-order chi connectivity index (χ1) is 13.2. The number of nitrogen functional groups attached to an aromatic ring is 1. The van der Waals surface area contributed by atoms with E-state index >= 15 is 0 Å². The molecule has 0 unspecified atom stereocenters. The molecule has 136 valence electrons. The van der Waals surface area contributed by atoms with Crippen LogP contribution in [0.15, 0.2) is 42.5 Å². The molecule has 8 nitrogen and oxygen atoms in total. The number of nitrogens with one attached hydrogen (secondary N) is 1. The molecule has 0 bridgehead atoms. The lowest BCUT2D eigenvalue weighted by Gasteiger charge is -2.09. The van der Waals surface area contributed by atoms with Crippen LogP contribution in [-0.2, 0) is 6.54 Å². The molecule has 3 N–H and O–H groups in total. The van der Waals surface area contributed by atoms with Gasteiger partial charge in [0.15, 0.2) is 23.0 Å². The van der Waals surface area contributed by atoms with E-state index in [4.69, 9.17) is 24.7 Å². The molecular formula is C19H16N4O4. The number of anilines is 2. The van der Waals surface area contributed by atoms with Crippen molar-refractivity contribution in [3.63, 3.8) is 0 Å². The van der Waals surface area contributed by atoms with Gasteiger partial charge in [-0.2, -0.15) is 4.98 Å². The van der Waals surface area contributed by atoms with Crippen molar-refractivity contribution in [2.75, 3.05) is 24.6 Å². The van der Waals surface area contributed by atoms with Gasteiger partial charge in [0, 0.05) is 18.2 Å². The highest BCUT2D eigenvalue weighted by atomic mass is 16.7.